The van der Waals surface area contributed by atoms with Gasteiger partial charge in [-0.05, 0) is 31.2 Å². The van der Waals surface area contributed by atoms with Crippen molar-refractivity contribution in [2.24, 2.45) is 0 Å². The number of aromatic nitrogens is 2. The number of hydrogen-bond acceptors (Lipinski definition) is 4. The second kappa shape index (κ2) is 5.91. The highest BCUT2D eigenvalue weighted by Crippen LogP contribution is 2.19. The molecule has 0 aromatic carbocycles. The fourth-order valence-corrected chi connectivity index (χ4v) is 2.50. The van der Waals surface area contributed by atoms with E-state index in [2.05, 4.69) is 9.97 Å². The summed E-state index contributed by atoms with van der Waals surface area (Å²) in [5.41, 5.74) is 1.43. The van der Waals surface area contributed by atoms with Gasteiger partial charge in [0.25, 0.3) is 5.91 Å². The summed E-state index contributed by atoms with van der Waals surface area (Å²) in [5, 5.41) is 0. The molecule has 21 heavy (non-hydrogen) atoms. The molecule has 1 atom stereocenters. The maximum atomic E-state index is 12.5. The Morgan fingerprint density at radius 3 is 2.86 bits per heavy atom. The molecule has 1 amide bonds. The molecule has 5 heteroatoms. The van der Waals surface area contributed by atoms with Crippen molar-refractivity contribution in [2.75, 3.05) is 13.1 Å². The van der Waals surface area contributed by atoms with Gasteiger partial charge in [0.2, 0.25) is 0 Å². The summed E-state index contributed by atoms with van der Waals surface area (Å²) in [6, 6.07) is 7.27. The van der Waals surface area contributed by atoms with Gasteiger partial charge in [-0.25, -0.2) is 0 Å². The van der Waals surface area contributed by atoms with Crippen molar-refractivity contribution in [3.05, 3.63) is 54.1 Å². The summed E-state index contributed by atoms with van der Waals surface area (Å²) in [6.07, 6.45) is 5.98. The molecule has 0 aliphatic carbocycles. The Morgan fingerprint density at radius 1 is 1.29 bits per heavy atom. The molecule has 3 rings (SSSR count). The third kappa shape index (κ3) is 3.02. The van der Waals surface area contributed by atoms with Crippen LogP contribution in [0, 0.1) is 6.92 Å². The third-order valence-corrected chi connectivity index (χ3v) is 3.62. The van der Waals surface area contributed by atoms with E-state index in [9.17, 15) is 4.79 Å². The van der Waals surface area contributed by atoms with Gasteiger partial charge < -0.3 is 9.64 Å². The van der Waals surface area contributed by atoms with Gasteiger partial charge in [0.15, 0.2) is 0 Å². The predicted octanol–water partition coefficient (Wildman–Crippen LogP) is 2.08. The number of ether oxygens (including phenoxy) is 1. The van der Waals surface area contributed by atoms with Crippen molar-refractivity contribution in [1.82, 2.24) is 14.9 Å². The lowest BCUT2D eigenvalue weighted by atomic mass is 10.2. The lowest BCUT2D eigenvalue weighted by Gasteiger charge is -2.18. The van der Waals surface area contributed by atoms with Crippen molar-refractivity contribution in [2.45, 2.75) is 19.4 Å². The summed E-state index contributed by atoms with van der Waals surface area (Å²) in [6.45, 7) is 3.17. The van der Waals surface area contributed by atoms with E-state index in [0.29, 0.717) is 18.7 Å². The molecule has 1 unspecified atom stereocenters. The van der Waals surface area contributed by atoms with Gasteiger partial charge in [-0.1, -0.05) is 0 Å². The summed E-state index contributed by atoms with van der Waals surface area (Å²) in [7, 11) is 0. The van der Waals surface area contributed by atoms with E-state index in [1.165, 1.54) is 0 Å². The molecule has 2 aromatic rings. The SMILES string of the molecule is Cc1ncccc1C(=O)N1CCC(Oc2ccncc2)C1. The molecule has 5 nitrogen and oxygen atoms in total. The number of likely N-dealkylation sites (tertiary alicyclic amines) is 1. The van der Waals surface area contributed by atoms with Crippen LogP contribution in [0.1, 0.15) is 22.5 Å². The predicted molar refractivity (Wildman–Crippen MR) is 78.1 cm³/mol. The number of carbonyl (C=O) groups is 1. The van der Waals surface area contributed by atoms with E-state index in [1.54, 1.807) is 24.7 Å². The molecule has 1 aliphatic rings. The lowest BCUT2D eigenvalue weighted by Crippen LogP contribution is -2.31. The molecule has 108 valence electrons. The lowest BCUT2D eigenvalue weighted by molar-refractivity contribution is 0.0771. The maximum Gasteiger partial charge on any atom is 0.255 e. The highest BCUT2D eigenvalue weighted by Gasteiger charge is 2.29. The van der Waals surface area contributed by atoms with Gasteiger partial charge >= 0.3 is 0 Å². The van der Waals surface area contributed by atoms with E-state index >= 15 is 0 Å². The minimum Gasteiger partial charge on any atom is -0.488 e. The summed E-state index contributed by atoms with van der Waals surface area (Å²) in [4.78, 5) is 22.4. The highest BCUT2D eigenvalue weighted by atomic mass is 16.5. The topological polar surface area (TPSA) is 55.3 Å². The smallest absolute Gasteiger partial charge is 0.255 e. The molecule has 1 aliphatic heterocycles. The zero-order valence-electron chi connectivity index (χ0n) is 11.9. The molecule has 0 spiro atoms. The van der Waals surface area contributed by atoms with Crippen LogP contribution in [-0.2, 0) is 0 Å². The first kappa shape index (κ1) is 13.5. The quantitative estimate of drug-likeness (QED) is 0.865. The molecule has 0 N–H and O–H groups in total. The third-order valence-electron chi connectivity index (χ3n) is 3.62. The van der Waals surface area contributed by atoms with E-state index in [0.717, 1.165) is 17.9 Å². The number of aryl methyl sites for hydroxylation is 1. The normalized spacial score (nSPS) is 17.8. The number of rotatable bonds is 3. The molecule has 2 aromatic heterocycles. The van der Waals surface area contributed by atoms with Crippen LogP contribution in [0.15, 0.2) is 42.9 Å². The Bertz CT molecular complexity index is 630. The minimum atomic E-state index is 0.0291. The number of hydrogen-bond donors (Lipinski definition) is 0. The monoisotopic (exact) mass is 283 g/mol. The van der Waals surface area contributed by atoms with Crippen molar-refractivity contribution in [1.29, 1.82) is 0 Å². The first-order chi connectivity index (χ1) is 10.2. The fourth-order valence-electron chi connectivity index (χ4n) is 2.50. The van der Waals surface area contributed by atoms with Crippen LogP contribution in [0.25, 0.3) is 0 Å². The summed E-state index contributed by atoms with van der Waals surface area (Å²) in [5.74, 6) is 0.822. The average Bonchev–Trinajstić information content (AvgIpc) is 2.97. The second-order valence-electron chi connectivity index (χ2n) is 5.10. The van der Waals surface area contributed by atoms with E-state index in [4.69, 9.17) is 4.74 Å². The first-order valence-electron chi connectivity index (χ1n) is 7.01. The van der Waals surface area contributed by atoms with Crippen molar-refractivity contribution in [3.63, 3.8) is 0 Å². The van der Waals surface area contributed by atoms with Gasteiger partial charge in [-0.2, -0.15) is 0 Å². The molecular formula is C16H17N3O2. The van der Waals surface area contributed by atoms with E-state index in [1.807, 2.05) is 30.0 Å². The van der Waals surface area contributed by atoms with Crippen LogP contribution in [0.4, 0.5) is 0 Å². The van der Waals surface area contributed by atoms with Crippen LogP contribution < -0.4 is 4.74 Å². The maximum absolute atomic E-state index is 12.5. The first-order valence-corrected chi connectivity index (χ1v) is 7.01. The van der Waals surface area contributed by atoms with Gasteiger partial charge in [0, 0.05) is 37.3 Å². The number of carbonyl (C=O) groups excluding carboxylic acids is 1. The van der Waals surface area contributed by atoms with Crippen LogP contribution in [0.3, 0.4) is 0 Å². The fraction of sp³-hybridized carbons (Fsp3) is 0.312. The Kier molecular flexibility index (Phi) is 3.81. The molecule has 1 saturated heterocycles. The highest BCUT2D eigenvalue weighted by molar-refractivity contribution is 5.95. The largest absolute Gasteiger partial charge is 0.488 e. The van der Waals surface area contributed by atoms with Crippen LogP contribution in [0.5, 0.6) is 5.75 Å². The van der Waals surface area contributed by atoms with E-state index in [-0.39, 0.29) is 12.0 Å². The van der Waals surface area contributed by atoms with Crippen molar-refractivity contribution >= 4 is 5.91 Å². The Labute approximate surface area is 123 Å². The van der Waals surface area contributed by atoms with Crippen molar-refractivity contribution in [3.8, 4) is 5.75 Å². The zero-order chi connectivity index (χ0) is 14.7. The molecule has 3 heterocycles. The van der Waals surface area contributed by atoms with Gasteiger partial charge in [0.05, 0.1) is 12.1 Å². The molecule has 0 bridgehead atoms. The molecular weight excluding hydrogens is 266 g/mol. The van der Waals surface area contributed by atoms with Crippen LogP contribution in [-0.4, -0.2) is 40.0 Å². The summed E-state index contributed by atoms with van der Waals surface area (Å²) < 4.78 is 5.87. The molecule has 1 fully saturated rings. The second-order valence-corrected chi connectivity index (χ2v) is 5.10. The standard InChI is InChI=1S/C16H17N3O2/c1-12-15(3-2-7-18-12)16(20)19-10-6-14(11-19)21-13-4-8-17-9-5-13/h2-5,7-9,14H,6,10-11H2,1H3. The van der Waals surface area contributed by atoms with Crippen molar-refractivity contribution < 1.29 is 9.53 Å². The van der Waals surface area contributed by atoms with Gasteiger partial charge in [-0.3, -0.25) is 14.8 Å². The van der Waals surface area contributed by atoms with Gasteiger partial charge in [0.1, 0.15) is 11.9 Å². The molecule has 0 saturated carbocycles. The number of amides is 1. The van der Waals surface area contributed by atoms with Gasteiger partial charge in [-0.15, -0.1) is 0 Å². The average molecular weight is 283 g/mol. The van der Waals surface area contributed by atoms with Crippen LogP contribution in [0.2, 0.25) is 0 Å². The van der Waals surface area contributed by atoms with Crippen LogP contribution >= 0.6 is 0 Å². The molecule has 0 radical (unpaired) electrons. The zero-order valence-corrected chi connectivity index (χ0v) is 11.9. The Morgan fingerprint density at radius 2 is 2.10 bits per heavy atom. The summed E-state index contributed by atoms with van der Waals surface area (Å²) >= 11 is 0. The Hall–Kier alpha value is -2.43. The van der Waals surface area contributed by atoms with E-state index < -0.39 is 0 Å². The minimum absolute atomic E-state index is 0.0291. The Balaban J connectivity index is 1.65. The number of pyridine rings is 2. The number of nitrogens with zero attached hydrogens (tertiary/aromatic N) is 3.